The number of fused-ring (bicyclic) bond motifs is 1. The fourth-order valence-corrected chi connectivity index (χ4v) is 3.01. The van der Waals surface area contributed by atoms with E-state index in [0.29, 0.717) is 17.9 Å². The molecule has 0 radical (unpaired) electrons. The Kier molecular flexibility index (Phi) is 5.07. The van der Waals surface area contributed by atoms with Crippen LogP contribution in [0, 0.1) is 13.8 Å². The van der Waals surface area contributed by atoms with E-state index in [1.54, 1.807) is 14.2 Å². The van der Waals surface area contributed by atoms with Crippen molar-refractivity contribution in [2.45, 2.75) is 20.4 Å². The summed E-state index contributed by atoms with van der Waals surface area (Å²) in [5.74, 6) is 1.30. The molecule has 1 amide bonds. The third kappa shape index (κ3) is 3.33. The summed E-state index contributed by atoms with van der Waals surface area (Å²) in [6.45, 7) is 4.19. The molecule has 0 unspecified atom stereocenters. The van der Waals surface area contributed by atoms with Crippen LogP contribution in [0.4, 0.5) is 0 Å². The number of hydrogen-bond acceptors (Lipinski definition) is 4. The van der Waals surface area contributed by atoms with Gasteiger partial charge in [-0.15, -0.1) is 0 Å². The van der Waals surface area contributed by atoms with Gasteiger partial charge in [0.2, 0.25) is 0 Å². The number of pyridine rings is 1. The lowest BCUT2D eigenvalue weighted by atomic mass is 10.0. The maximum Gasteiger partial charge on any atom is 0.252 e. The van der Waals surface area contributed by atoms with E-state index < -0.39 is 0 Å². The van der Waals surface area contributed by atoms with Crippen LogP contribution in [0.5, 0.6) is 11.5 Å². The molecule has 26 heavy (non-hydrogen) atoms. The molecule has 0 aliphatic heterocycles. The number of ether oxygens (including phenoxy) is 2. The average Bonchev–Trinajstić information content (AvgIpc) is 2.66. The highest BCUT2D eigenvalue weighted by molar-refractivity contribution is 6.07. The highest BCUT2D eigenvalue weighted by Gasteiger charge is 2.16. The Labute approximate surface area is 153 Å². The summed E-state index contributed by atoms with van der Waals surface area (Å²) in [6.07, 6.45) is 0. The normalized spacial score (nSPS) is 10.6. The van der Waals surface area contributed by atoms with E-state index in [0.717, 1.165) is 33.5 Å². The Bertz CT molecular complexity index is 967. The standard InChI is InChI=1S/C21H22N2O3/c1-13-14(2)23-18-8-6-5-7-17(18)20(13)21(24)22-12-15-11-16(25-3)9-10-19(15)26-4/h5-11H,12H2,1-4H3,(H,22,24). The van der Waals surface area contributed by atoms with Crippen LogP contribution in [0.15, 0.2) is 42.5 Å². The number of rotatable bonds is 5. The molecule has 0 saturated heterocycles. The van der Waals surface area contributed by atoms with Gasteiger partial charge in [-0.25, -0.2) is 0 Å². The topological polar surface area (TPSA) is 60.5 Å². The van der Waals surface area contributed by atoms with Gasteiger partial charge in [-0.2, -0.15) is 0 Å². The molecule has 0 spiro atoms. The third-order valence-corrected chi connectivity index (χ3v) is 4.53. The van der Waals surface area contributed by atoms with Crippen LogP contribution >= 0.6 is 0 Å². The van der Waals surface area contributed by atoms with Crippen molar-refractivity contribution in [3.8, 4) is 11.5 Å². The van der Waals surface area contributed by atoms with Crippen molar-refractivity contribution in [1.82, 2.24) is 10.3 Å². The molecule has 0 fully saturated rings. The molecule has 2 aromatic carbocycles. The number of aryl methyl sites for hydroxylation is 1. The molecular weight excluding hydrogens is 328 g/mol. The van der Waals surface area contributed by atoms with Gasteiger partial charge in [0.25, 0.3) is 5.91 Å². The third-order valence-electron chi connectivity index (χ3n) is 4.53. The molecule has 5 heteroatoms. The molecule has 1 N–H and O–H groups in total. The highest BCUT2D eigenvalue weighted by atomic mass is 16.5. The van der Waals surface area contributed by atoms with Crippen molar-refractivity contribution >= 4 is 16.8 Å². The first kappa shape index (κ1) is 17.7. The molecule has 3 rings (SSSR count). The Morgan fingerprint density at radius 2 is 1.85 bits per heavy atom. The van der Waals surface area contributed by atoms with Crippen LogP contribution in [-0.2, 0) is 6.54 Å². The summed E-state index contributed by atoms with van der Waals surface area (Å²) in [5.41, 5.74) is 4.08. The van der Waals surface area contributed by atoms with Gasteiger partial charge in [-0.1, -0.05) is 18.2 Å². The van der Waals surface area contributed by atoms with Gasteiger partial charge < -0.3 is 14.8 Å². The van der Waals surface area contributed by atoms with E-state index in [9.17, 15) is 4.79 Å². The predicted molar refractivity (Wildman–Crippen MR) is 102 cm³/mol. The number of benzene rings is 2. The van der Waals surface area contributed by atoms with E-state index in [1.165, 1.54) is 0 Å². The Hall–Kier alpha value is -3.08. The van der Waals surface area contributed by atoms with Gasteiger partial charge in [-0.3, -0.25) is 9.78 Å². The molecule has 1 heterocycles. The summed E-state index contributed by atoms with van der Waals surface area (Å²) >= 11 is 0. The van der Waals surface area contributed by atoms with Crippen molar-refractivity contribution in [2.24, 2.45) is 0 Å². The zero-order valence-electron chi connectivity index (χ0n) is 15.4. The minimum Gasteiger partial charge on any atom is -0.497 e. The maximum absolute atomic E-state index is 12.9. The minimum absolute atomic E-state index is 0.130. The van der Waals surface area contributed by atoms with Crippen LogP contribution in [0.2, 0.25) is 0 Å². The van der Waals surface area contributed by atoms with Gasteiger partial charge in [0.05, 0.1) is 25.3 Å². The van der Waals surface area contributed by atoms with Crippen LogP contribution in [-0.4, -0.2) is 25.1 Å². The molecule has 0 aliphatic carbocycles. The lowest BCUT2D eigenvalue weighted by Gasteiger charge is -2.14. The first-order valence-corrected chi connectivity index (χ1v) is 8.40. The smallest absolute Gasteiger partial charge is 0.252 e. The molecule has 0 aliphatic rings. The average molecular weight is 350 g/mol. The van der Waals surface area contributed by atoms with Crippen molar-refractivity contribution in [2.75, 3.05) is 14.2 Å². The number of nitrogens with zero attached hydrogens (tertiary/aromatic N) is 1. The summed E-state index contributed by atoms with van der Waals surface area (Å²) in [6, 6.07) is 13.2. The molecule has 5 nitrogen and oxygen atoms in total. The number of hydrogen-bond donors (Lipinski definition) is 1. The SMILES string of the molecule is COc1ccc(OC)c(CNC(=O)c2c(C)c(C)nc3ccccc23)c1. The zero-order valence-corrected chi connectivity index (χ0v) is 15.4. The number of aromatic nitrogens is 1. The quantitative estimate of drug-likeness (QED) is 0.760. The largest absolute Gasteiger partial charge is 0.497 e. The van der Waals surface area contributed by atoms with E-state index in [4.69, 9.17) is 9.47 Å². The second-order valence-corrected chi connectivity index (χ2v) is 6.07. The molecule has 0 atom stereocenters. The molecule has 3 aromatic rings. The fourth-order valence-electron chi connectivity index (χ4n) is 3.01. The molecular formula is C21H22N2O3. The molecule has 1 aromatic heterocycles. The van der Waals surface area contributed by atoms with Crippen molar-refractivity contribution < 1.29 is 14.3 Å². The van der Waals surface area contributed by atoms with Gasteiger partial charge in [-0.05, 0) is 43.7 Å². The predicted octanol–water partition coefficient (Wildman–Crippen LogP) is 3.80. The van der Waals surface area contributed by atoms with Crippen molar-refractivity contribution in [3.05, 3.63) is 64.8 Å². The summed E-state index contributed by atoms with van der Waals surface area (Å²) < 4.78 is 10.6. The van der Waals surface area contributed by atoms with E-state index >= 15 is 0 Å². The Balaban J connectivity index is 1.92. The second-order valence-electron chi connectivity index (χ2n) is 6.07. The summed E-state index contributed by atoms with van der Waals surface area (Å²) in [4.78, 5) is 17.5. The van der Waals surface area contributed by atoms with Crippen LogP contribution in [0.3, 0.4) is 0 Å². The van der Waals surface area contributed by atoms with Gasteiger partial charge in [0, 0.05) is 23.2 Å². The lowest BCUT2D eigenvalue weighted by molar-refractivity contribution is 0.0951. The monoisotopic (exact) mass is 350 g/mol. The first-order valence-electron chi connectivity index (χ1n) is 8.40. The zero-order chi connectivity index (χ0) is 18.7. The van der Waals surface area contributed by atoms with Crippen LogP contribution in [0.25, 0.3) is 10.9 Å². The number of methoxy groups -OCH3 is 2. The number of para-hydroxylation sites is 1. The molecule has 0 saturated carbocycles. The summed E-state index contributed by atoms with van der Waals surface area (Å²) in [5, 5.41) is 3.85. The maximum atomic E-state index is 12.9. The fraction of sp³-hybridized carbons (Fsp3) is 0.238. The highest BCUT2D eigenvalue weighted by Crippen LogP contribution is 2.25. The number of nitrogens with one attached hydrogen (secondary N) is 1. The lowest BCUT2D eigenvalue weighted by Crippen LogP contribution is -2.24. The van der Waals surface area contributed by atoms with Crippen LogP contribution < -0.4 is 14.8 Å². The molecule has 134 valence electrons. The van der Waals surface area contributed by atoms with Crippen LogP contribution in [0.1, 0.15) is 27.2 Å². The van der Waals surface area contributed by atoms with Crippen molar-refractivity contribution in [3.63, 3.8) is 0 Å². The van der Waals surface area contributed by atoms with E-state index in [1.807, 2.05) is 56.3 Å². The Morgan fingerprint density at radius 3 is 2.58 bits per heavy atom. The van der Waals surface area contributed by atoms with E-state index in [2.05, 4.69) is 10.3 Å². The van der Waals surface area contributed by atoms with Gasteiger partial charge in [0.15, 0.2) is 0 Å². The number of carbonyl (C=O) groups excluding carboxylic acids is 1. The van der Waals surface area contributed by atoms with Crippen molar-refractivity contribution in [1.29, 1.82) is 0 Å². The van der Waals surface area contributed by atoms with Gasteiger partial charge in [0.1, 0.15) is 11.5 Å². The number of carbonyl (C=O) groups is 1. The van der Waals surface area contributed by atoms with Gasteiger partial charge >= 0.3 is 0 Å². The molecule has 0 bridgehead atoms. The first-order chi connectivity index (χ1) is 12.5. The second kappa shape index (κ2) is 7.44. The Morgan fingerprint density at radius 1 is 1.08 bits per heavy atom. The summed E-state index contributed by atoms with van der Waals surface area (Å²) in [7, 11) is 3.22. The van der Waals surface area contributed by atoms with E-state index in [-0.39, 0.29) is 5.91 Å². The minimum atomic E-state index is -0.130. The number of amides is 1.